The zero-order chi connectivity index (χ0) is 20.4. The van der Waals surface area contributed by atoms with Crippen molar-refractivity contribution in [1.82, 2.24) is 0 Å². The summed E-state index contributed by atoms with van der Waals surface area (Å²) in [4.78, 5) is 22.0. The lowest BCUT2D eigenvalue weighted by Gasteiger charge is -2.07. The number of rotatable bonds is 9. The first-order valence-corrected chi connectivity index (χ1v) is 9.09. The molecule has 0 aliphatic carbocycles. The maximum atomic E-state index is 13.5. The molecule has 0 saturated heterocycles. The molecular weight excluding hydrogens is 361 g/mol. The summed E-state index contributed by atoms with van der Waals surface area (Å²) in [6.07, 6.45) is 8.51. The number of benzene rings is 2. The fourth-order valence-corrected chi connectivity index (χ4v) is 2.61. The smallest absolute Gasteiger partial charge is 0.336 e. The Morgan fingerprint density at radius 1 is 1.18 bits per heavy atom. The summed E-state index contributed by atoms with van der Waals surface area (Å²) < 4.78 is 18.6. The van der Waals surface area contributed by atoms with Crippen LogP contribution in [0, 0.1) is 15.9 Å². The van der Waals surface area contributed by atoms with E-state index in [1.54, 1.807) is 18.2 Å². The van der Waals surface area contributed by atoms with Gasteiger partial charge in [0, 0.05) is 18.2 Å². The molecule has 0 aromatic heterocycles. The van der Waals surface area contributed by atoms with Gasteiger partial charge in [-0.25, -0.2) is 9.18 Å². The van der Waals surface area contributed by atoms with Gasteiger partial charge in [-0.05, 0) is 48.2 Å². The number of ether oxygens (including phenoxy) is 1. The molecule has 2 rings (SSSR count). The standard InChI is InChI=1S/C22H22FNO4/c1-2-3-4-7-17(18-9-5-10-19(23)16-18)8-6-11-22(25)28-21-14-12-20(13-15-21)24(26)27/h5-6,8-16H,2-4,7H2,1H3/b11-6+,17-8+. The number of halogens is 1. The zero-order valence-electron chi connectivity index (χ0n) is 15.6. The summed E-state index contributed by atoms with van der Waals surface area (Å²) in [5.41, 5.74) is 1.64. The van der Waals surface area contributed by atoms with Crippen LogP contribution in [0.15, 0.2) is 66.8 Å². The Hall–Kier alpha value is -3.28. The number of hydrogen-bond donors (Lipinski definition) is 0. The summed E-state index contributed by atoms with van der Waals surface area (Å²) in [6.45, 7) is 2.11. The number of carbonyl (C=O) groups is 1. The van der Waals surface area contributed by atoms with Gasteiger partial charge in [0.2, 0.25) is 0 Å². The van der Waals surface area contributed by atoms with E-state index in [-0.39, 0.29) is 17.3 Å². The molecule has 5 nitrogen and oxygen atoms in total. The van der Waals surface area contributed by atoms with E-state index in [4.69, 9.17) is 4.74 Å². The molecule has 0 bridgehead atoms. The van der Waals surface area contributed by atoms with Crippen molar-refractivity contribution in [3.63, 3.8) is 0 Å². The highest BCUT2D eigenvalue weighted by molar-refractivity contribution is 5.85. The van der Waals surface area contributed by atoms with Gasteiger partial charge in [0.15, 0.2) is 0 Å². The Balaban J connectivity index is 2.05. The van der Waals surface area contributed by atoms with E-state index in [2.05, 4.69) is 6.92 Å². The quantitative estimate of drug-likeness (QED) is 0.103. The minimum Gasteiger partial charge on any atom is -0.423 e. The number of hydrogen-bond acceptors (Lipinski definition) is 4. The van der Waals surface area contributed by atoms with Crippen LogP contribution in [-0.2, 0) is 4.79 Å². The predicted octanol–water partition coefficient (Wildman–Crippen LogP) is 5.86. The molecule has 0 spiro atoms. The minimum atomic E-state index is -0.600. The lowest BCUT2D eigenvalue weighted by atomic mass is 9.99. The van der Waals surface area contributed by atoms with Crippen molar-refractivity contribution in [2.24, 2.45) is 0 Å². The van der Waals surface area contributed by atoms with E-state index in [9.17, 15) is 19.3 Å². The number of nitrogens with zero attached hydrogens (tertiary/aromatic N) is 1. The molecule has 6 heteroatoms. The van der Waals surface area contributed by atoms with E-state index < -0.39 is 10.9 Å². The van der Waals surface area contributed by atoms with E-state index >= 15 is 0 Å². The zero-order valence-corrected chi connectivity index (χ0v) is 15.6. The molecule has 2 aromatic carbocycles. The van der Waals surface area contributed by atoms with E-state index in [0.717, 1.165) is 36.8 Å². The molecule has 0 unspecified atom stereocenters. The molecule has 0 fully saturated rings. The molecule has 0 atom stereocenters. The largest absolute Gasteiger partial charge is 0.423 e. The van der Waals surface area contributed by atoms with Crippen molar-refractivity contribution in [1.29, 1.82) is 0 Å². The number of allylic oxidation sites excluding steroid dienone is 3. The first-order chi connectivity index (χ1) is 13.5. The Kier molecular flexibility index (Phi) is 8.09. The summed E-state index contributed by atoms with van der Waals surface area (Å²) in [5, 5.41) is 10.6. The van der Waals surface area contributed by atoms with Gasteiger partial charge in [-0.3, -0.25) is 10.1 Å². The maximum Gasteiger partial charge on any atom is 0.336 e. The third-order valence-corrected chi connectivity index (χ3v) is 4.04. The highest BCUT2D eigenvalue weighted by atomic mass is 19.1. The van der Waals surface area contributed by atoms with E-state index in [1.165, 1.54) is 42.5 Å². The minimum absolute atomic E-state index is 0.0786. The number of non-ortho nitro benzene ring substituents is 1. The Labute approximate surface area is 163 Å². The van der Waals surface area contributed by atoms with Crippen LogP contribution in [0.3, 0.4) is 0 Å². The molecule has 0 aliphatic heterocycles. The SMILES string of the molecule is CCCCC/C(=C\C=C\C(=O)Oc1ccc([N+](=O)[O-])cc1)c1cccc(F)c1. The molecule has 2 aromatic rings. The van der Waals surface area contributed by atoms with E-state index in [1.807, 2.05) is 6.07 Å². The lowest BCUT2D eigenvalue weighted by Crippen LogP contribution is -2.03. The van der Waals surface area contributed by atoms with Crippen molar-refractivity contribution in [3.05, 3.63) is 88.3 Å². The van der Waals surface area contributed by atoms with Gasteiger partial charge >= 0.3 is 5.97 Å². The fraction of sp³-hybridized carbons (Fsp3) is 0.227. The fourth-order valence-electron chi connectivity index (χ4n) is 2.61. The monoisotopic (exact) mass is 383 g/mol. The highest BCUT2D eigenvalue weighted by Gasteiger charge is 2.06. The molecule has 0 heterocycles. The molecule has 0 N–H and O–H groups in total. The van der Waals surface area contributed by atoms with Crippen molar-refractivity contribution >= 4 is 17.2 Å². The average molecular weight is 383 g/mol. The van der Waals surface area contributed by atoms with Crippen LogP contribution in [0.4, 0.5) is 10.1 Å². The summed E-state index contributed by atoms with van der Waals surface area (Å²) >= 11 is 0. The summed E-state index contributed by atoms with van der Waals surface area (Å²) in [7, 11) is 0. The molecule has 0 aliphatic rings. The average Bonchev–Trinajstić information content (AvgIpc) is 2.67. The second kappa shape index (κ2) is 10.8. The molecule has 0 radical (unpaired) electrons. The Morgan fingerprint density at radius 3 is 2.57 bits per heavy atom. The molecule has 28 heavy (non-hydrogen) atoms. The van der Waals surface area contributed by atoms with Crippen LogP contribution >= 0.6 is 0 Å². The molecule has 0 amide bonds. The predicted molar refractivity (Wildman–Crippen MR) is 106 cm³/mol. The third-order valence-electron chi connectivity index (χ3n) is 4.04. The second-order valence-corrected chi connectivity index (χ2v) is 6.19. The molecule has 0 saturated carbocycles. The second-order valence-electron chi connectivity index (χ2n) is 6.19. The van der Waals surface area contributed by atoms with Gasteiger partial charge in [0.25, 0.3) is 5.69 Å². The Bertz CT molecular complexity index is 872. The van der Waals surface area contributed by atoms with Crippen molar-refractivity contribution in [3.8, 4) is 5.75 Å². The van der Waals surface area contributed by atoms with Crippen LogP contribution in [0.1, 0.15) is 38.2 Å². The molecular formula is C22H22FNO4. The normalized spacial score (nSPS) is 11.6. The third kappa shape index (κ3) is 6.79. The number of unbranched alkanes of at least 4 members (excludes halogenated alkanes) is 2. The van der Waals surface area contributed by atoms with Crippen molar-refractivity contribution < 1.29 is 18.8 Å². The topological polar surface area (TPSA) is 69.4 Å². The van der Waals surface area contributed by atoms with Gasteiger partial charge in [0.1, 0.15) is 11.6 Å². The highest BCUT2D eigenvalue weighted by Crippen LogP contribution is 2.22. The Morgan fingerprint density at radius 2 is 1.93 bits per heavy atom. The van der Waals surface area contributed by atoms with Gasteiger partial charge in [-0.2, -0.15) is 0 Å². The lowest BCUT2D eigenvalue weighted by molar-refractivity contribution is -0.384. The van der Waals surface area contributed by atoms with Crippen LogP contribution < -0.4 is 4.74 Å². The van der Waals surface area contributed by atoms with Crippen LogP contribution in [0.5, 0.6) is 5.75 Å². The van der Waals surface area contributed by atoms with Crippen LogP contribution in [0.2, 0.25) is 0 Å². The maximum absolute atomic E-state index is 13.5. The number of nitro groups is 1. The van der Waals surface area contributed by atoms with Gasteiger partial charge < -0.3 is 4.74 Å². The van der Waals surface area contributed by atoms with Gasteiger partial charge in [-0.1, -0.05) is 44.1 Å². The number of esters is 1. The first-order valence-electron chi connectivity index (χ1n) is 9.09. The van der Waals surface area contributed by atoms with Crippen LogP contribution in [0.25, 0.3) is 5.57 Å². The van der Waals surface area contributed by atoms with E-state index in [0.29, 0.717) is 0 Å². The van der Waals surface area contributed by atoms with Gasteiger partial charge in [-0.15, -0.1) is 0 Å². The van der Waals surface area contributed by atoms with Crippen LogP contribution in [-0.4, -0.2) is 10.9 Å². The number of nitro benzene ring substituents is 1. The van der Waals surface area contributed by atoms with Crippen molar-refractivity contribution in [2.45, 2.75) is 32.6 Å². The first kappa shape index (κ1) is 21.0. The van der Waals surface area contributed by atoms with Crippen molar-refractivity contribution in [2.75, 3.05) is 0 Å². The van der Waals surface area contributed by atoms with Gasteiger partial charge in [0.05, 0.1) is 4.92 Å². The summed E-state index contributed by atoms with van der Waals surface area (Å²) in [5.74, 6) is -0.685. The number of carbonyl (C=O) groups excluding carboxylic acids is 1. The molecule has 146 valence electrons. The summed E-state index contributed by atoms with van der Waals surface area (Å²) in [6, 6.07) is 11.6.